The Hall–Kier alpha value is -0.300. The zero-order chi connectivity index (χ0) is 9.26. The second kappa shape index (κ2) is 3.83. The second-order valence-electron chi connectivity index (χ2n) is 4.94. The molecule has 2 rings (SSSR count). The first kappa shape index (κ1) is 9.26. The number of nitrogens with one attached hydrogen (secondary N) is 1. The predicted molar refractivity (Wildman–Crippen MR) is 56.7 cm³/mol. The van der Waals surface area contributed by atoms with Gasteiger partial charge in [0.2, 0.25) is 0 Å². The van der Waals surface area contributed by atoms with Gasteiger partial charge in [-0.3, -0.25) is 0 Å². The molecule has 2 saturated carbocycles. The Bertz CT molecular complexity index is 193. The Balaban J connectivity index is 1.64. The summed E-state index contributed by atoms with van der Waals surface area (Å²) < 4.78 is 0. The van der Waals surface area contributed by atoms with Crippen LogP contribution in [0.1, 0.15) is 39.0 Å². The van der Waals surface area contributed by atoms with E-state index in [1.165, 1.54) is 44.2 Å². The summed E-state index contributed by atoms with van der Waals surface area (Å²) in [6.07, 6.45) is 6.97. The van der Waals surface area contributed by atoms with Crippen LogP contribution in [0.4, 0.5) is 0 Å². The zero-order valence-electron chi connectivity index (χ0n) is 8.68. The van der Waals surface area contributed by atoms with Gasteiger partial charge < -0.3 is 5.32 Å². The fourth-order valence-corrected chi connectivity index (χ4v) is 2.23. The summed E-state index contributed by atoms with van der Waals surface area (Å²) in [5.41, 5.74) is 1.36. The highest BCUT2D eigenvalue weighted by Gasteiger charge is 2.31. The molecule has 0 aromatic carbocycles. The van der Waals surface area contributed by atoms with E-state index in [-0.39, 0.29) is 0 Å². The van der Waals surface area contributed by atoms with E-state index in [0.717, 1.165) is 17.9 Å². The normalized spacial score (nSPS) is 32.7. The van der Waals surface area contributed by atoms with Crippen LogP contribution in [-0.4, -0.2) is 12.6 Å². The Kier molecular flexibility index (Phi) is 2.73. The van der Waals surface area contributed by atoms with Gasteiger partial charge in [0.1, 0.15) is 0 Å². The Morgan fingerprint density at radius 3 is 2.38 bits per heavy atom. The number of rotatable bonds is 5. The highest BCUT2D eigenvalue weighted by molar-refractivity contribution is 4.96. The van der Waals surface area contributed by atoms with E-state index >= 15 is 0 Å². The molecule has 0 aliphatic heterocycles. The maximum absolute atomic E-state index is 4.00. The Labute approximate surface area is 81.6 Å². The maximum atomic E-state index is 4.00. The molecule has 1 N–H and O–H groups in total. The second-order valence-corrected chi connectivity index (χ2v) is 4.94. The summed E-state index contributed by atoms with van der Waals surface area (Å²) >= 11 is 0. The van der Waals surface area contributed by atoms with Gasteiger partial charge >= 0.3 is 0 Å². The molecule has 1 heteroatoms. The minimum atomic E-state index is 0.881. The molecule has 0 aromatic heterocycles. The molecule has 2 aliphatic rings. The highest BCUT2D eigenvalue weighted by atomic mass is 14.9. The van der Waals surface area contributed by atoms with E-state index in [1.807, 2.05) is 0 Å². The van der Waals surface area contributed by atoms with Crippen molar-refractivity contribution in [3.05, 3.63) is 12.2 Å². The number of hydrogen-bond donors (Lipinski definition) is 1. The van der Waals surface area contributed by atoms with Gasteiger partial charge in [0.25, 0.3) is 0 Å². The summed E-state index contributed by atoms with van der Waals surface area (Å²) in [6, 6.07) is 0.881. The summed E-state index contributed by atoms with van der Waals surface area (Å²) in [7, 11) is 0. The van der Waals surface area contributed by atoms with Crippen molar-refractivity contribution < 1.29 is 0 Å². The molecule has 2 unspecified atom stereocenters. The smallest absolute Gasteiger partial charge is 0.00683 e. The molecule has 0 heterocycles. The van der Waals surface area contributed by atoms with Crippen molar-refractivity contribution in [3.63, 3.8) is 0 Å². The SMILES string of the molecule is C=C(C)CC1CCC1CNC1CC1. The largest absolute Gasteiger partial charge is 0.314 e. The van der Waals surface area contributed by atoms with E-state index in [1.54, 1.807) is 0 Å². The first-order chi connectivity index (χ1) is 6.25. The monoisotopic (exact) mass is 179 g/mol. The van der Waals surface area contributed by atoms with Crippen LogP contribution < -0.4 is 5.32 Å². The lowest BCUT2D eigenvalue weighted by atomic mass is 9.71. The van der Waals surface area contributed by atoms with Crippen molar-refractivity contribution in [2.24, 2.45) is 11.8 Å². The fourth-order valence-electron chi connectivity index (χ4n) is 2.23. The number of hydrogen-bond acceptors (Lipinski definition) is 1. The summed E-state index contributed by atoms with van der Waals surface area (Å²) in [6.45, 7) is 7.42. The minimum absolute atomic E-state index is 0.881. The average Bonchev–Trinajstić information content (AvgIpc) is 2.82. The third kappa shape index (κ3) is 2.57. The van der Waals surface area contributed by atoms with Crippen LogP contribution in [0.3, 0.4) is 0 Å². The molecule has 2 fully saturated rings. The molecule has 0 radical (unpaired) electrons. The molecular formula is C12H21N. The van der Waals surface area contributed by atoms with E-state index in [9.17, 15) is 0 Å². The van der Waals surface area contributed by atoms with E-state index in [4.69, 9.17) is 0 Å². The minimum Gasteiger partial charge on any atom is -0.314 e. The molecule has 0 amide bonds. The summed E-state index contributed by atoms with van der Waals surface area (Å²) in [5, 5.41) is 3.63. The lowest BCUT2D eigenvalue weighted by molar-refractivity contribution is 0.170. The average molecular weight is 179 g/mol. The predicted octanol–water partition coefficient (Wildman–Crippen LogP) is 2.73. The van der Waals surface area contributed by atoms with Gasteiger partial charge in [0, 0.05) is 6.04 Å². The highest BCUT2D eigenvalue weighted by Crippen LogP contribution is 2.38. The fraction of sp³-hybridized carbons (Fsp3) is 0.833. The quantitative estimate of drug-likeness (QED) is 0.640. The Morgan fingerprint density at radius 2 is 1.92 bits per heavy atom. The van der Waals surface area contributed by atoms with Crippen LogP contribution >= 0.6 is 0 Å². The van der Waals surface area contributed by atoms with Gasteiger partial charge in [-0.05, 0) is 57.4 Å². The van der Waals surface area contributed by atoms with E-state index in [0.29, 0.717) is 0 Å². The lowest BCUT2D eigenvalue weighted by Crippen LogP contribution is -2.36. The molecule has 2 atom stereocenters. The van der Waals surface area contributed by atoms with Crippen molar-refractivity contribution in [2.45, 2.75) is 45.1 Å². The van der Waals surface area contributed by atoms with Gasteiger partial charge in [0.05, 0.1) is 0 Å². The van der Waals surface area contributed by atoms with Crippen molar-refractivity contribution in [1.29, 1.82) is 0 Å². The molecule has 74 valence electrons. The first-order valence-electron chi connectivity index (χ1n) is 5.63. The van der Waals surface area contributed by atoms with Gasteiger partial charge in [-0.1, -0.05) is 5.57 Å². The van der Waals surface area contributed by atoms with E-state index < -0.39 is 0 Å². The van der Waals surface area contributed by atoms with Gasteiger partial charge in [0.15, 0.2) is 0 Å². The molecule has 0 bridgehead atoms. The van der Waals surface area contributed by atoms with Crippen LogP contribution in [0.15, 0.2) is 12.2 Å². The van der Waals surface area contributed by atoms with Gasteiger partial charge in [-0.2, -0.15) is 0 Å². The third-order valence-electron chi connectivity index (χ3n) is 3.43. The maximum Gasteiger partial charge on any atom is 0.00683 e. The summed E-state index contributed by atoms with van der Waals surface area (Å²) in [4.78, 5) is 0. The van der Waals surface area contributed by atoms with Gasteiger partial charge in [-0.15, -0.1) is 6.58 Å². The Morgan fingerprint density at radius 1 is 1.23 bits per heavy atom. The van der Waals surface area contributed by atoms with Crippen LogP contribution in [0.25, 0.3) is 0 Å². The van der Waals surface area contributed by atoms with Crippen LogP contribution in [-0.2, 0) is 0 Å². The molecule has 0 aromatic rings. The summed E-state index contributed by atoms with van der Waals surface area (Å²) in [5.74, 6) is 1.90. The standard InChI is InChI=1S/C12H21N/c1-9(2)7-10-3-4-11(10)8-13-12-5-6-12/h10-13H,1,3-8H2,2H3. The van der Waals surface area contributed by atoms with Crippen LogP contribution in [0, 0.1) is 11.8 Å². The third-order valence-corrected chi connectivity index (χ3v) is 3.43. The lowest BCUT2D eigenvalue weighted by Gasteiger charge is -2.37. The van der Waals surface area contributed by atoms with Crippen molar-refractivity contribution in [1.82, 2.24) is 5.32 Å². The van der Waals surface area contributed by atoms with Crippen LogP contribution in [0.2, 0.25) is 0 Å². The van der Waals surface area contributed by atoms with Gasteiger partial charge in [-0.25, -0.2) is 0 Å². The van der Waals surface area contributed by atoms with Crippen molar-refractivity contribution in [2.75, 3.05) is 6.54 Å². The molecule has 0 spiro atoms. The van der Waals surface area contributed by atoms with E-state index in [2.05, 4.69) is 18.8 Å². The van der Waals surface area contributed by atoms with Crippen molar-refractivity contribution >= 4 is 0 Å². The molecule has 1 nitrogen and oxygen atoms in total. The number of allylic oxidation sites excluding steroid dienone is 1. The molecule has 2 aliphatic carbocycles. The molecule has 13 heavy (non-hydrogen) atoms. The van der Waals surface area contributed by atoms with Crippen LogP contribution in [0.5, 0.6) is 0 Å². The first-order valence-corrected chi connectivity index (χ1v) is 5.63. The van der Waals surface area contributed by atoms with Crippen molar-refractivity contribution in [3.8, 4) is 0 Å². The molecule has 0 saturated heterocycles. The zero-order valence-corrected chi connectivity index (χ0v) is 8.68. The molecular weight excluding hydrogens is 158 g/mol. The topological polar surface area (TPSA) is 12.0 Å².